The second kappa shape index (κ2) is 4.83. The summed E-state index contributed by atoms with van der Waals surface area (Å²) in [5.74, 6) is 0. The number of halogens is 1. The molecule has 0 spiro atoms. The van der Waals surface area contributed by atoms with Gasteiger partial charge in [0.2, 0.25) is 0 Å². The van der Waals surface area contributed by atoms with Crippen LogP contribution in [0.3, 0.4) is 0 Å². The summed E-state index contributed by atoms with van der Waals surface area (Å²) in [4.78, 5) is 4.73. The summed E-state index contributed by atoms with van der Waals surface area (Å²) >= 11 is 6.59. The van der Waals surface area contributed by atoms with Gasteiger partial charge in [-0.05, 0) is 30.0 Å². The number of aliphatic hydroxyl groups excluding tert-OH is 1. The highest BCUT2D eigenvalue weighted by atomic mass is 35.5. The smallest absolute Gasteiger partial charge is 0.108 e. The summed E-state index contributed by atoms with van der Waals surface area (Å²) in [5, 5.41) is 12.3. The molecule has 1 aliphatic rings. The van der Waals surface area contributed by atoms with Crippen LogP contribution < -0.4 is 0 Å². The van der Waals surface area contributed by atoms with E-state index in [0.29, 0.717) is 5.02 Å². The predicted octanol–water partition coefficient (Wildman–Crippen LogP) is 4.07. The van der Waals surface area contributed by atoms with Crippen molar-refractivity contribution in [3.05, 3.63) is 75.9 Å². The minimum atomic E-state index is -0.705. The van der Waals surface area contributed by atoms with Crippen molar-refractivity contribution in [3.63, 3.8) is 0 Å². The second-order valence-corrected chi connectivity index (χ2v) is 5.78. The molecular weight excluding hydrogens is 282 g/mol. The zero-order valence-electron chi connectivity index (χ0n) is 11.4. The van der Waals surface area contributed by atoms with Crippen LogP contribution in [-0.2, 0) is 12.8 Å². The lowest BCUT2D eigenvalue weighted by Gasteiger charge is -2.17. The number of benzene rings is 2. The minimum absolute atomic E-state index is 0.625. The maximum Gasteiger partial charge on any atom is 0.108 e. The van der Waals surface area contributed by atoms with Gasteiger partial charge >= 0.3 is 0 Å². The van der Waals surface area contributed by atoms with Crippen LogP contribution in [0, 0.1) is 0 Å². The van der Waals surface area contributed by atoms with E-state index in [-0.39, 0.29) is 0 Å². The first-order chi connectivity index (χ1) is 10.3. The Balaban J connectivity index is 2.02. The molecule has 3 aromatic rings. The van der Waals surface area contributed by atoms with Crippen molar-refractivity contribution in [3.8, 4) is 0 Å². The molecule has 1 N–H and O–H groups in total. The first kappa shape index (κ1) is 12.8. The van der Waals surface area contributed by atoms with Crippen LogP contribution in [0.2, 0.25) is 5.02 Å². The third-order valence-electron chi connectivity index (χ3n) is 4.20. The van der Waals surface area contributed by atoms with Crippen molar-refractivity contribution in [2.75, 3.05) is 0 Å². The lowest BCUT2D eigenvalue weighted by atomic mass is 9.97. The number of fused-ring (bicyclic) bond motifs is 3. The molecule has 2 aromatic carbocycles. The van der Waals surface area contributed by atoms with Gasteiger partial charge in [0.05, 0.1) is 10.5 Å². The van der Waals surface area contributed by atoms with Crippen molar-refractivity contribution in [2.24, 2.45) is 0 Å². The lowest BCUT2D eigenvalue weighted by molar-refractivity contribution is 0.219. The number of hydrogen-bond donors (Lipinski definition) is 1. The van der Waals surface area contributed by atoms with Crippen molar-refractivity contribution < 1.29 is 5.11 Å². The Morgan fingerprint density at radius 1 is 1.00 bits per heavy atom. The number of nitrogens with zero attached hydrogens (tertiary/aromatic N) is 1. The molecule has 0 saturated heterocycles. The molecule has 0 saturated carbocycles. The van der Waals surface area contributed by atoms with Crippen LogP contribution in [0.1, 0.15) is 28.5 Å². The molecule has 1 unspecified atom stereocenters. The Bertz CT molecular complexity index is 844. The third kappa shape index (κ3) is 1.95. The maximum absolute atomic E-state index is 10.8. The predicted molar refractivity (Wildman–Crippen MR) is 84.7 cm³/mol. The Kier molecular flexibility index (Phi) is 2.95. The number of aromatic nitrogens is 1. The van der Waals surface area contributed by atoms with E-state index in [1.165, 1.54) is 5.56 Å². The van der Waals surface area contributed by atoms with Crippen LogP contribution in [0.15, 0.2) is 48.5 Å². The van der Waals surface area contributed by atoms with Crippen LogP contribution in [-0.4, -0.2) is 10.1 Å². The van der Waals surface area contributed by atoms with Gasteiger partial charge in [-0.15, -0.1) is 0 Å². The Labute approximate surface area is 128 Å². The number of hydrogen-bond acceptors (Lipinski definition) is 2. The SMILES string of the molecule is OC1c2ccccc2CCc2nc3ccccc3c(Cl)c21. The van der Waals surface area contributed by atoms with Crippen molar-refractivity contribution >= 4 is 22.5 Å². The molecule has 104 valence electrons. The molecule has 4 rings (SSSR count). The molecule has 21 heavy (non-hydrogen) atoms. The van der Waals surface area contributed by atoms with E-state index in [4.69, 9.17) is 16.6 Å². The second-order valence-electron chi connectivity index (χ2n) is 5.40. The van der Waals surface area contributed by atoms with Gasteiger partial charge in [-0.1, -0.05) is 54.1 Å². The zero-order chi connectivity index (χ0) is 14.4. The van der Waals surface area contributed by atoms with Gasteiger partial charge in [-0.3, -0.25) is 4.98 Å². The largest absolute Gasteiger partial charge is 0.384 e. The average molecular weight is 296 g/mol. The van der Waals surface area contributed by atoms with E-state index in [2.05, 4.69) is 6.07 Å². The molecule has 0 amide bonds. The summed E-state index contributed by atoms with van der Waals surface area (Å²) < 4.78 is 0. The number of para-hydroxylation sites is 1. The summed E-state index contributed by atoms with van der Waals surface area (Å²) in [6.45, 7) is 0. The fraction of sp³-hybridized carbons (Fsp3) is 0.167. The average Bonchev–Trinajstić information content (AvgIpc) is 2.66. The first-order valence-electron chi connectivity index (χ1n) is 7.08. The van der Waals surface area contributed by atoms with Gasteiger partial charge in [-0.2, -0.15) is 0 Å². The summed E-state index contributed by atoms with van der Waals surface area (Å²) in [5.41, 5.74) is 4.67. The van der Waals surface area contributed by atoms with Gasteiger partial charge in [-0.25, -0.2) is 0 Å². The monoisotopic (exact) mass is 295 g/mol. The van der Waals surface area contributed by atoms with E-state index >= 15 is 0 Å². The number of aliphatic hydroxyl groups is 1. The Morgan fingerprint density at radius 2 is 1.76 bits per heavy atom. The number of pyridine rings is 1. The fourth-order valence-corrected chi connectivity index (χ4v) is 3.51. The van der Waals surface area contributed by atoms with Crippen LogP contribution >= 0.6 is 11.6 Å². The molecule has 1 atom stereocenters. The van der Waals surface area contributed by atoms with Crippen LogP contribution in [0.4, 0.5) is 0 Å². The normalized spacial score (nSPS) is 17.1. The van der Waals surface area contributed by atoms with E-state index in [9.17, 15) is 5.11 Å². The number of aryl methyl sites for hydroxylation is 2. The minimum Gasteiger partial charge on any atom is -0.384 e. The Hall–Kier alpha value is -1.90. The molecular formula is C18H14ClNO. The molecule has 0 radical (unpaired) electrons. The van der Waals surface area contributed by atoms with Crippen LogP contribution in [0.25, 0.3) is 10.9 Å². The topological polar surface area (TPSA) is 33.1 Å². The van der Waals surface area contributed by atoms with Crippen molar-refractivity contribution in [1.29, 1.82) is 0 Å². The highest BCUT2D eigenvalue weighted by Crippen LogP contribution is 2.38. The first-order valence-corrected chi connectivity index (χ1v) is 7.46. The zero-order valence-corrected chi connectivity index (χ0v) is 12.1. The molecule has 0 aliphatic heterocycles. The third-order valence-corrected chi connectivity index (χ3v) is 4.60. The molecule has 1 heterocycles. The van der Waals surface area contributed by atoms with Crippen molar-refractivity contribution in [1.82, 2.24) is 4.98 Å². The fourth-order valence-electron chi connectivity index (χ4n) is 3.14. The quantitative estimate of drug-likeness (QED) is 0.678. The highest BCUT2D eigenvalue weighted by Gasteiger charge is 2.26. The summed E-state index contributed by atoms with van der Waals surface area (Å²) in [6.07, 6.45) is 0.971. The van der Waals surface area contributed by atoms with Crippen LogP contribution in [0.5, 0.6) is 0 Å². The van der Waals surface area contributed by atoms with Gasteiger partial charge < -0.3 is 5.11 Å². The van der Waals surface area contributed by atoms with Crippen molar-refractivity contribution in [2.45, 2.75) is 18.9 Å². The van der Waals surface area contributed by atoms with Gasteiger partial charge in [0, 0.05) is 16.6 Å². The molecule has 0 bridgehead atoms. The van der Waals surface area contributed by atoms with Gasteiger partial charge in [0.15, 0.2) is 0 Å². The molecule has 1 aliphatic carbocycles. The van der Waals surface area contributed by atoms with E-state index in [0.717, 1.165) is 40.6 Å². The highest BCUT2D eigenvalue weighted by molar-refractivity contribution is 6.36. The van der Waals surface area contributed by atoms with Gasteiger partial charge in [0.1, 0.15) is 6.10 Å². The summed E-state index contributed by atoms with van der Waals surface area (Å²) in [6, 6.07) is 15.8. The van der Waals surface area contributed by atoms with Gasteiger partial charge in [0.25, 0.3) is 0 Å². The Morgan fingerprint density at radius 3 is 2.67 bits per heavy atom. The van der Waals surface area contributed by atoms with E-state index in [1.54, 1.807) is 0 Å². The molecule has 0 fully saturated rings. The van der Waals surface area contributed by atoms with E-state index in [1.807, 2.05) is 42.5 Å². The molecule has 1 aromatic heterocycles. The molecule has 2 nitrogen and oxygen atoms in total. The van der Waals surface area contributed by atoms with E-state index < -0.39 is 6.10 Å². The summed E-state index contributed by atoms with van der Waals surface area (Å²) in [7, 11) is 0. The number of rotatable bonds is 0. The standard InChI is InChI=1S/C18H14ClNO/c19-17-13-7-3-4-8-14(13)20-15-10-9-11-5-1-2-6-12(11)18(21)16(15)17/h1-8,18,21H,9-10H2. The lowest BCUT2D eigenvalue weighted by Crippen LogP contribution is -2.05. The maximum atomic E-state index is 10.8. The molecule has 3 heteroatoms.